The Hall–Kier alpha value is -1.93. The first-order chi connectivity index (χ1) is 24.7. The number of unbranched alkanes of at least 4 members (excludes halogenated alkanes) is 3. The number of aliphatic carboxylic acids is 1. The fourth-order valence-electron chi connectivity index (χ4n) is 14.1. The number of carboxylic acids is 1. The number of amides is 2. The molecule has 0 heterocycles. The van der Waals surface area contributed by atoms with Gasteiger partial charge in [0.05, 0.1) is 30.1 Å². The number of carboxylic acid groups (broad SMARTS) is 1. The van der Waals surface area contributed by atoms with Gasteiger partial charge >= 0.3 is 5.97 Å². The summed E-state index contributed by atoms with van der Waals surface area (Å²) in [6.45, 7) is 23.8. The van der Waals surface area contributed by atoms with Gasteiger partial charge in [-0.15, -0.1) is 0 Å². The Morgan fingerprint density at radius 2 is 1.53 bits per heavy atom. The molecule has 5 saturated carbocycles. The highest BCUT2D eigenvalue weighted by atomic mass is 16.4. The number of aliphatic hydroxyl groups is 2. The SMILES string of the molecule is C=C(C)[C@@H]1CC[C@]2(C(=O)NCCCCCCC(=O)N[C@@H](CC(C)C)[C@@H](O)CC(=O)O)CC[C@]3(C)[C@H](CCC4[C@@]5(C)CC[C@H](O)C(C)(C)[C@@H]5CC[C@]43C)[C@@H]12. The average Bonchev–Trinajstić information content (AvgIpc) is 3.47. The van der Waals surface area contributed by atoms with Crippen LogP contribution < -0.4 is 10.6 Å². The summed E-state index contributed by atoms with van der Waals surface area (Å²) >= 11 is 0. The Kier molecular flexibility index (Phi) is 12.7. The molecule has 0 spiro atoms. The summed E-state index contributed by atoms with van der Waals surface area (Å²) in [4.78, 5) is 38.2. The van der Waals surface area contributed by atoms with E-state index < -0.39 is 18.1 Å². The first-order valence-electron chi connectivity index (χ1n) is 21.6. The van der Waals surface area contributed by atoms with Crippen LogP contribution in [0.25, 0.3) is 0 Å². The van der Waals surface area contributed by atoms with Crippen molar-refractivity contribution in [2.75, 3.05) is 6.54 Å². The Labute approximate surface area is 321 Å². The van der Waals surface area contributed by atoms with Gasteiger partial charge < -0.3 is 26.0 Å². The van der Waals surface area contributed by atoms with Crippen LogP contribution in [0.2, 0.25) is 0 Å². The van der Waals surface area contributed by atoms with Crippen molar-refractivity contribution < 1.29 is 29.7 Å². The molecule has 0 aliphatic heterocycles. The molecule has 53 heavy (non-hydrogen) atoms. The van der Waals surface area contributed by atoms with Crippen LogP contribution in [0.5, 0.6) is 0 Å². The Morgan fingerprint density at radius 3 is 2.19 bits per heavy atom. The zero-order chi connectivity index (χ0) is 39.1. The van der Waals surface area contributed by atoms with Gasteiger partial charge in [-0.1, -0.05) is 73.5 Å². The van der Waals surface area contributed by atoms with Gasteiger partial charge in [0, 0.05) is 13.0 Å². The maximum Gasteiger partial charge on any atom is 0.306 e. The van der Waals surface area contributed by atoms with Crippen LogP contribution in [-0.2, 0) is 14.4 Å². The summed E-state index contributed by atoms with van der Waals surface area (Å²) in [5.41, 5.74) is 1.49. The number of rotatable bonds is 15. The summed E-state index contributed by atoms with van der Waals surface area (Å²) in [6.07, 6.45) is 13.5. The second-order valence-electron chi connectivity index (χ2n) is 20.6. The molecule has 8 heteroatoms. The quantitative estimate of drug-likeness (QED) is 0.0845. The molecule has 12 atom stereocenters. The van der Waals surface area contributed by atoms with Gasteiger partial charge in [0.1, 0.15) is 0 Å². The predicted molar refractivity (Wildman–Crippen MR) is 211 cm³/mol. The number of hydrogen-bond donors (Lipinski definition) is 5. The van der Waals surface area contributed by atoms with Gasteiger partial charge in [0.15, 0.2) is 0 Å². The van der Waals surface area contributed by atoms with Crippen molar-refractivity contribution in [1.29, 1.82) is 0 Å². The molecular weight excluding hydrogens is 665 g/mol. The lowest BCUT2D eigenvalue weighted by molar-refractivity contribution is -0.246. The van der Waals surface area contributed by atoms with E-state index in [1.54, 1.807) is 0 Å². The molecule has 0 aromatic rings. The lowest BCUT2D eigenvalue weighted by Crippen LogP contribution is -2.67. The minimum atomic E-state index is -1.11. The molecule has 8 nitrogen and oxygen atoms in total. The van der Waals surface area contributed by atoms with Gasteiger partial charge in [0.25, 0.3) is 0 Å². The smallest absolute Gasteiger partial charge is 0.306 e. The molecule has 2 amide bonds. The molecule has 0 radical (unpaired) electrons. The van der Waals surface area contributed by atoms with E-state index in [0.29, 0.717) is 55.4 Å². The van der Waals surface area contributed by atoms with Gasteiger partial charge in [0.2, 0.25) is 11.8 Å². The van der Waals surface area contributed by atoms with Gasteiger partial charge in [-0.2, -0.15) is 0 Å². The number of fused-ring (bicyclic) bond motifs is 7. The van der Waals surface area contributed by atoms with Crippen molar-refractivity contribution >= 4 is 17.8 Å². The van der Waals surface area contributed by atoms with Gasteiger partial charge in [-0.3, -0.25) is 14.4 Å². The first-order valence-corrected chi connectivity index (χ1v) is 21.6. The third-order valence-corrected chi connectivity index (χ3v) is 17.0. The number of hydrogen-bond acceptors (Lipinski definition) is 5. The van der Waals surface area contributed by atoms with E-state index >= 15 is 0 Å². The van der Waals surface area contributed by atoms with Crippen LogP contribution in [0.4, 0.5) is 0 Å². The highest BCUT2D eigenvalue weighted by molar-refractivity contribution is 5.84. The minimum Gasteiger partial charge on any atom is -0.481 e. The van der Waals surface area contributed by atoms with Crippen LogP contribution in [0.3, 0.4) is 0 Å². The van der Waals surface area contributed by atoms with E-state index in [1.807, 2.05) is 13.8 Å². The Balaban J connectivity index is 1.18. The van der Waals surface area contributed by atoms with E-state index in [4.69, 9.17) is 5.11 Å². The third-order valence-electron chi connectivity index (χ3n) is 17.0. The van der Waals surface area contributed by atoms with Crippen LogP contribution in [-0.4, -0.2) is 57.9 Å². The lowest BCUT2D eigenvalue weighted by Gasteiger charge is -2.72. The van der Waals surface area contributed by atoms with Crippen LogP contribution in [0.1, 0.15) is 165 Å². The molecule has 5 aliphatic rings. The topological polar surface area (TPSA) is 136 Å². The van der Waals surface area contributed by atoms with Crippen molar-refractivity contribution in [3.05, 3.63) is 12.2 Å². The van der Waals surface area contributed by atoms with Gasteiger partial charge in [-0.05, 0) is 148 Å². The molecule has 0 bridgehead atoms. The molecule has 0 saturated heterocycles. The second-order valence-corrected chi connectivity index (χ2v) is 20.6. The molecule has 5 rings (SSSR count). The highest BCUT2D eigenvalue weighted by Crippen LogP contribution is 2.77. The Bertz CT molecular complexity index is 1360. The van der Waals surface area contributed by atoms with Crippen LogP contribution in [0.15, 0.2) is 12.2 Å². The van der Waals surface area contributed by atoms with Gasteiger partial charge in [-0.25, -0.2) is 0 Å². The Morgan fingerprint density at radius 1 is 0.830 bits per heavy atom. The van der Waals surface area contributed by atoms with Crippen LogP contribution >= 0.6 is 0 Å². The van der Waals surface area contributed by atoms with Crippen molar-refractivity contribution in [3.8, 4) is 0 Å². The maximum atomic E-state index is 14.5. The normalized spacial score (nSPS) is 39.8. The van der Waals surface area contributed by atoms with Crippen molar-refractivity contribution in [2.45, 2.75) is 183 Å². The van der Waals surface area contributed by atoms with E-state index in [1.165, 1.54) is 31.3 Å². The number of nitrogens with one attached hydrogen (secondary N) is 2. The molecule has 302 valence electrons. The van der Waals surface area contributed by atoms with Crippen molar-refractivity contribution in [3.63, 3.8) is 0 Å². The number of aliphatic hydroxyl groups excluding tert-OH is 2. The number of carbonyl (C=O) groups excluding carboxylic acids is 2. The molecule has 5 aliphatic carbocycles. The lowest BCUT2D eigenvalue weighted by atomic mass is 9.32. The first kappa shape index (κ1) is 42.2. The zero-order valence-corrected chi connectivity index (χ0v) is 34.7. The minimum absolute atomic E-state index is 0.0527. The molecule has 5 N–H and O–H groups in total. The molecular formula is C45H76N2O6. The number of carbonyl (C=O) groups is 3. The standard InChI is InChI=1S/C45H76N2O6/c1-28(2)26-32(33(48)27-38(51)52)47-37(50)14-12-10-11-13-25-46-40(53)45-22-17-30(29(3)4)39(45)31-15-16-35-42(7)20-19-36(49)41(5,6)34(42)18-21-44(35,9)43(31,8)23-24-45/h28,30-36,39,48-49H,3,10-27H2,1-2,4-9H3,(H,46,53)(H,47,50)(H,51,52)/t30-,31+,32-,33-,34-,35?,36-,39+,42-,43+,44+,45-/m0/s1. The summed E-state index contributed by atoms with van der Waals surface area (Å²) < 4.78 is 0. The second kappa shape index (κ2) is 15.9. The molecule has 0 aromatic carbocycles. The third kappa shape index (κ3) is 7.64. The monoisotopic (exact) mass is 741 g/mol. The zero-order valence-electron chi connectivity index (χ0n) is 34.7. The highest BCUT2D eigenvalue weighted by Gasteiger charge is 2.71. The van der Waals surface area contributed by atoms with Crippen LogP contribution in [0, 0.1) is 62.6 Å². The summed E-state index contributed by atoms with van der Waals surface area (Å²) in [6, 6.07) is -0.565. The summed E-state index contributed by atoms with van der Waals surface area (Å²) in [7, 11) is 0. The predicted octanol–water partition coefficient (Wildman–Crippen LogP) is 8.44. The van der Waals surface area contributed by atoms with E-state index in [2.05, 4.69) is 58.8 Å². The molecule has 0 aromatic heterocycles. The fourth-order valence-corrected chi connectivity index (χ4v) is 14.1. The van der Waals surface area contributed by atoms with E-state index in [-0.39, 0.29) is 57.3 Å². The fraction of sp³-hybridized carbons (Fsp3) is 0.889. The summed E-state index contributed by atoms with van der Waals surface area (Å²) in [5, 5.41) is 36.8. The summed E-state index contributed by atoms with van der Waals surface area (Å²) in [5.74, 6) is 1.66. The van der Waals surface area contributed by atoms with E-state index in [9.17, 15) is 24.6 Å². The average molecular weight is 741 g/mol. The molecule has 5 fully saturated rings. The maximum absolute atomic E-state index is 14.5. The van der Waals surface area contributed by atoms with E-state index in [0.717, 1.165) is 57.8 Å². The largest absolute Gasteiger partial charge is 0.481 e. The van der Waals surface area contributed by atoms with Crippen molar-refractivity contribution in [2.24, 2.45) is 62.6 Å². The molecule has 1 unspecified atom stereocenters. The number of allylic oxidation sites excluding steroid dienone is 1. The van der Waals surface area contributed by atoms with Crippen molar-refractivity contribution in [1.82, 2.24) is 10.6 Å².